The molecule has 1 saturated carbocycles. The zero-order valence-corrected chi connectivity index (χ0v) is 11.4. The standard InChI is InChI=1S/C13H23NO2S/c1-2-10-5-3-4-6-12(10)16-13(15)11-9-17-8-7-14-11/h10-12,14H,2-9H2,1H3. The first kappa shape index (κ1) is 13.2. The molecule has 1 aliphatic heterocycles. The van der Waals surface area contributed by atoms with Crippen molar-refractivity contribution >= 4 is 17.7 Å². The van der Waals surface area contributed by atoms with Gasteiger partial charge in [0.05, 0.1) is 0 Å². The normalized spacial score (nSPS) is 34.3. The first-order valence-electron chi connectivity index (χ1n) is 6.83. The molecular formula is C13H23NO2S. The van der Waals surface area contributed by atoms with Gasteiger partial charge in [-0.1, -0.05) is 13.3 Å². The van der Waals surface area contributed by atoms with E-state index in [0.29, 0.717) is 5.92 Å². The van der Waals surface area contributed by atoms with Crippen molar-refractivity contribution in [1.29, 1.82) is 0 Å². The van der Waals surface area contributed by atoms with Crippen molar-refractivity contribution in [3.05, 3.63) is 0 Å². The van der Waals surface area contributed by atoms with Gasteiger partial charge in [-0.25, -0.2) is 0 Å². The minimum atomic E-state index is -0.0758. The van der Waals surface area contributed by atoms with Gasteiger partial charge < -0.3 is 10.1 Å². The predicted molar refractivity (Wildman–Crippen MR) is 71.2 cm³/mol. The molecule has 0 radical (unpaired) electrons. The Bertz CT molecular complexity index is 254. The molecule has 0 spiro atoms. The van der Waals surface area contributed by atoms with Crippen LogP contribution >= 0.6 is 11.8 Å². The average Bonchev–Trinajstić information content (AvgIpc) is 2.40. The average molecular weight is 257 g/mol. The van der Waals surface area contributed by atoms with Gasteiger partial charge in [-0.3, -0.25) is 4.79 Å². The number of carbonyl (C=O) groups excluding carboxylic acids is 1. The monoisotopic (exact) mass is 257 g/mol. The smallest absolute Gasteiger partial charge is 0.324 e. The Morgan fingerprint density at radius 2 is 2.24 bits per heavy atom. The Balaban J connectivity index is 1.83. The summed E-state index contributed by atoms with van der Waals surface area (Å²) in [6.45, 7) is 3.12. The number of hydrogen-bond acceptors (Lipinski definition) is 4. The fourth-order valence-corrected chi connectivity index (χ4v) is 3.66. The lowest BCUT2D eigenvalue weighted by Gasteiger charge is -2.32. The Labute approximate surface area is 108 Å². The molecule has 1 N–H and O–H groups in total. The molecule has 1 aliphatic carbocycles. The van der Waals surface area contributed by atoms with Crippen LogP contribution in [0.15, 0.2) is 0 Å². The number of carbonyl (C=O) groups is 1. The van der Waals surface area contributed by atoms with Gasteiger partial charge in [0.25, 0.3) is 0 Å². The molecule has 0 aromatic rings. The van der Waals surface area contributed by atoms with Crippen LogP contribution in [0.25, 0.3) is 0 Å². The zero-order chi connectivity index (χ0) is 12.1. The lowest BCUT2D eigenvalue weighted by Crippen LogP contribution is -2.46. The summed E-state index contributed by atoms with van der Waals surface area (Å²) < 4.78 is 5.72. The van der Waals surface area contributed by atoms with Crippen molar-refractivity contribution in [3.8, 4) is 0 Å². The van der Waals surface area contributed by atoms with Crippen LogP contribution in [-0.2, 0) is 9.53 Å². The van der Waals surface area contributed by atoms with Gasteiger partial charge in [-0.2, -0.15) is 11.8 Å². The molecule has 3 atom stereocenters. The Morgan fingerprint density at radius 1 is 1.41 bits per heavy atom. The summed E-state index contributed by atoms with van der Waals surface area (Å²) in [4.78, 5) is 12.0. The third-order valence-electron chi connectivity index (χ3n) is 3.84. The van der Waals surface area contributed by atoms with Crippen molar-refractivity contribution in [2.24, 2.45) is 5.92 Å². The van der Waals surface area contributed by atoms with Crippen LogP contribution in [0.3, 0.4) is 0 Å². The molecule has 0 bridgehead atoms. The second-order valence-electron chi connectivity index (χ2n) is 5.01. The number of esters is 1. The summed E-state index contributed by atoms with van der Waals surface area (Å²) in [6.07, 6.45) is 6.09. The minimum Gasteiger partial charge on any atom is -0.461 e. The van der Waals surface area contributed by atoms with E-state index in [1.807, 2.05) is 11.8 Å². The molecule has 1 saturated heterocycles. The van der Waals surface area contributed by atoms with Crippen LogP contribution in [-0.4, -0.2) is 36.2 Å². The van der Waals surface area contributed by atoms with Gasteiger partial charge in [0.1, 0.15) is 12.1 Å². The van der Waals surface area contributed by atoms with Gasteiger partial charge in [-0.05, 0) is 31.6 Å². The molecule has 0 aromatic carbocycles. The van der Waals surface area contributed by atoms with E-state index in [1.165, 1.54) is 19.3 Å². The van der Waals surface area contributed by atoms with Gasteiger partial charge in [-0.15, -0.1) is 0 Å². The van der Waals surface area contributed by atoms with Crippen molar-refractivity contribution in [1.82, 2.24) is 5.32 Å². The van der Waals surface area contributed by atoms with E-state index < -0.39 is 0 Å². The molecule has 2 fully saturated rings. The molecule has 2 rings (SSSR count). The molecule has 17 heavy (non-hydrogen) atoms. The lowest BCUT2D eigenvalue weighted by atomic mass is 9.85. The molecule has 0 aromatic heterocycles. The second-order valence-corrected chi connectivity index (χ2v) is 6.16. The Kier molecular flexibility index (Phi) is 5.16. The number of hydrogen-bond donors (Lipinski definition) is 1. The highest BCUT2D eigenvalue weighted by atomic mass is 32.2. The van der Waals surface area contributed by atoms with Crippen LogP contribution < -0.4 is 5.32 Å². The summed E-state index contributed by atoms with van der Waals surface area (Å²) in [5.41, 5.74) is 0. The molecule has 98 valence electrons. The van der Waals surface area contributed by atoms with Gasteiger partial charge in [0, 0.05) is 18.1 Å². The first-order chi connectivity index (χ1) is 8.31. The summed E-state index contributed by atoms with van der Waals surface area (Å²) in [6, 6.07) is -0.0758. The number of ether oxygens (including phenoxy) is 1. The van der Waals surface area contributed by atoms with Crippen molar-refractivity contribution < 1.29 is 9.53 Å². The molecule has 2 aliphatic rings. The van der Waals surface area contributed by atoms with Gasteiger partial charge >= 0.3 is 5.97 Å². The zero-order valence-electron chi connectivity index (χ0n) is 10.6. The molecule has 0 amide bonds. The summed E-state index contributed by atoms with van der Waals surface area (Å²) in [5, 5.41) is 3.25. The third kappa shape index (κ3) is 3.62. The van der Waals surface area contributed by atoms with Crippen molar-refractivity contribution in [3.63, 3.8) is 0 Å². The van der Waals surface area contributed by atoms with Gasteiger partial charge in [0.15, 0.2) is 0 Å². The van der Waals surface area contributed by atoms with Gasteiger partial charge in [0.2, 0.25) is 0 Å². The molecular weight excluding hydrogens is 234 g/mol. The molecule has 3 unspecified atom stereocenters. The SMILES string of the molecule is CCC1CCCCC1OC(=O)C1CSCCN1. The maximum Gasteiger partial charge on any atom is 0.324 e. The molecule has 1 heterocycles. The third-order valence-corrected chi connectivity index (χ3v) is 4.90. The highest BCUT2D eigenvalue weighted by Gasteiger charge is 2.30. The van der Waals surface area contributed by atoms with E-state index in [0.717, 1.165) is 30.9 Å². The van der Waals surface area contributed by atoms with E-state index in [1.54, 1.807) is 0 Å². The van der Waals surface area contributed by atoms with E-state index in [9.17, 15) is 4.79 Å². The highest BCUT2D eigenvalue weighted by molar-refractivity contribution is 7.99. The summed E-state index contributed by atoms with van der Waals surface area (Å²) in [7, 11) is 0. The van der Waals surface area contributed by atoms with Crippen LogP contribution in [0.2, 0.25) is 0 Å². The van der Waals surface area contributed by atoms with Crippen LogP contribution in [0, 0.1) is 5.92 Å². The Hall–Kier alpha value is -0.220. The predicted octanol–water partition coefficient (Wildman–Crippen LogP) is 2.20. The van der Waals surface area contributed by atoms with Crippen LogP contribution in [0.4, 0.5) is 0 Å². The topological polar surface area (TPSA) is 38.3 Å². The molecule has 4 heteroatoms. The maximum absolute atomic E-state index is 12.0. The lowest BCUT2D eigenvalue weighted by molar-refractivity contribution is -0.155. The van der Waals surface area contributed by atoms with E-state index >= 15 is 0 Å². The number of rotatable bonds is 3. The maximum atomic E-state index is 12.0. The fraction of sp³-hybridized carbons (Fsp3) is 0.923. The van der Waals surface area contributed by atoms with Crippen LogP contribution in [0.1, 0.15) is 39.0 Å². The van der Waals surface area contributed by atoms with E-state index in [2.05, 4.69) is 12.2 Å². The number of nitrogens with one attached hydrogen (secondary N) is 1. The largest absolute Gasteiger partial charge is 0.461 e. The van der Waals surface area contributed by atoms with Crippen molar-refractivity contribution in [2.45, 2.75) is 51.2 Å². The second kappa shape index (κ2) is 6.64. The summed E-state index contributed by atoms with van der Waals surface area (Å²) >= 11 is 1.84. The summed E-state index contributed by atoms with van der Waals surface area (Å²) in [5.74, 6) is 2.53. The highest BCUT2D eigenvalue weighted by Crippen LogP contribution is 2.29. The quantitative estimate of drug-likeness (QED) is 0.787. The number of thioether (sulfide) groups is 1. The van der Waals surface area contributed by atoms with E-state index in [4.69, 9.17) is 4.74 Å². The van der Waals surface area contributed by atoms with Crippen molar-refractivity contribution in [2.75, 3.05) is 18.1 Å². The first-order valence-corrected chi connectivity index (χ1v) is 7.98. The van der Waals surface area contributed by atoms with Crippen LogP contribution in [0.5, 0.6) is 0 Å². The Morgan fingerprint density at radius 3 is 2.94 bits per heavy atom. The van der Waals surface area contributed by atoms with E-state index in [-0.39, 0.29) is 18.1 Å². The molecule has 3 nitrogen and oxygen atoms in total. The fourth-order valence-electron chi connectivity index (χ4n) is 2.74. The minimum absolute atomic E-state index is 0.0254.